The highest BCUT2D eigenvalue weighted by Gasteiger charge is 2.34. The third-order valence-corrected chi connectivity index (χ3v) is 2.50. The molecule has 7 heteroatoms. The first-order valence-corrected chi connectivity index (χ1v) is 5.70. The zero-order chi connectivity index (χ0) is 14.6. The average Bonchev–Trinajstić information content (AvgIpc) is 2.27. The summed E-state index contributed by atoms with van der Waals surface area (Å²) in [6.45, 7) is 3.75. The molecule has 1 atom stereocenters. The van der Waals surface area contributed by atoms with E-state index in [1.807, 2.05) is 0 Å². The molecular weight excluding hydrogens is 264 g/mol. The van der Waals surface area contributed by atoms with Crippen LogP contribution in [0, 0.1) is 5.82 Å². The summed E-state index contributed by atoms with van der Waals surface area (Å²) in [5, 5.41) is 0. The monoisotopic (exact) mass is 280 g/mol. The van der Waals surface area contributed by atoms with Crippen molar-refractivity contribution < 1.29 is 22.3 Å². The van der Waals surface area contributed by atoms with E-state index in [-0.39, 0.29) is 12.7 Å². The van der Waals surface area contributed by atoms with Gasteiger partial charge in [0.25, 0.3) is 0 Å². The smallest absolute Gasteiger partial charge is 0.377 e. The van der Waals surface area contributed by atoms with Crippen molar-refractivity contribution in [3.63, 3.8) is 0 Å². The Morgan fingerprint density at radius 3 is 2.37 bits per heavy atom. The topological polar surface area (TPSA) is 47.3 Å². The normalized spacial score (nSPS) is 13.9. The van der Waals surface area contributed by atoms with E-state index in [1.165, 1.54) is 6.07 Å². The van der Waals surface area contributed by atoms with Gasteiger partial charge >= 0.3 is 6.18 Å². The fraction of sp³-hybridized carbons (Fsp3) is 0.500. The van der Waals surface area contributed by atoms with Gasteiger partial charge in [0, 0.05) is 0 Å². The lowest BCUT2D eigenvalue weighted by Gasteiger charge is -2.19. The van der Waals surface area contributed by atoms with Crippen LogP contribution >= 0.6 is 0 Å². The minimum Gasteiger partial charge on any atom is -0.377 e. The van der Waals surface area contributed by atoms with Crippen LogP contribution < -0.4 is 11.3 Å². The number of benzene rings is 1. The number of nitrogens with two attached hydrogens (primary N) is 1. The van der Waals surface area contributed by atoms with Crippen molar-refractivity contribution in [3.05, 3.63) is 35.1 Å². The van der Waals surface area contributed by atoms with Crippen LogP contribution in [0.5, 0.6) is 0 Å². The molecule has 0 fully saturated rings. The van der Waals surface area contributed by atoms with Gasteiger partial charge in [0.15, 0.2) is 0 Å². The van der Waals surface area contributed by atoms with Crippen LogP contribution in [0.25, 0.3) is 0 Å². The highest BCUT2D eigenvalue weighted by atomic mass is 19.4. The van der Waals surface area contributed by atoms with Crippen LogP contribution in [0.1, 0.15) is 31.0 Å². The maximum Gasteiger partial charge on any atom is 0.419 e. The van der Waals surface area contributed by atoms with Crippen LogP contribution in [0.15, 0.2) is 18.2 Å². The lowest BCUT2D eigenvalue weighted by Crippen LogP contribution is -2.32. The molecule has 3 N–H and O–H groups in total. The van der Waals surface area contributed by atoms with E-state index in [0.29, 0.717) is 11.6 Å². The second-order valence-electron chi connectivity index (χ2n) is 4.34. The average molecular weight is 280 g/mol. The van der Waals surface area contributed by atoms with Crippen LogP contribution in [0.3, 0.4) is 0 Å². The number of ether oxygens (including phenoxy) is 1. The molecule has 19 heavy (non-hydrogen) atoms. The molecule has 1 aromatic rings. The largest absolute Gasteiger partial charge is 0.419 e. The van der Waals surface area contributed by atoms with Crippen molar-refractivity contribution in [3.8, 4) is 0 Å². The third-order valence-electron chi connectivity index (χ3n) is 2.50. The predicted molar refractivity (Wildman–Crippen MR) is 62.6 cm³/mol. The minimum atomic E-state index is -4.71. The Morgan fingerprint density at radius 1 is 1.32 bits per heavy atom. The molecular formula is C12H16F4N2O. The molecule has 0 heterocycles. The maximum absolute atomic E-state index is 13.4. The fourth-order valence-corrected chi connectivity index (χ4v) is 1.51. The Kier molecular flexibility index (Phi) is 5.28. The Bertz CT molecular complexity index is 421. The molecule has 0 bridgehead atoms. The van der Waals surface area contributed by atoms with Crippen molar-refractivity contribution >= 4 is 0 Å². The van der Waals surface area contributed by atoms with Crippen molar-refractivity contribution in [2.45, 2.75) is 32.2 Å². The number of alkyl halides is 3. The van der Waals surface area contributed by atoms with Gasteiger partial charge in [0.2, 0.25) is 0 Å². The number of hydrazine groups is 1. The molecule has 0 saturated carbocycles. The van der Waals surface area contributed by atoms with Crippen molar-refractivity contribution in [1.29, 1.82) is 0 Å². The Balaban J connectivity index is 2.92. The zero-order valence-electron chi connectivity index (χ0n) is 10.6. The summed E-state index contributed by atoms with van der Waals surface area (Å²) < 4.78 is 55.9. The molecule has 1 unspecified atom stereocenters. The van der Waals surface area contributed by atoms with Gasteiger partial charge in [-0.3, -0.25) is 11.3 Å². The summed E-state index contributed by atoms with van der Waals surface area (Å²) in [5.41, 5.74) is 1.39. The number of halogens is 4. The molecule has 0 saturated heterocycles. The highest BCUT2D eigenvalue weighted by molar-refractivity contribution is 5.28. The number of hydrogen-bond donors (Lipinski definition) is 2. The van der Waals surface area contributed by atoms with Gasteiger partial charge in [0.05, 0.1) is 24.3 Å². The van der Waals surface area contributed by atoms with Gasteiger partial charge < -0.3 is 4.74 Å². The zero-order valence-corrected chi connectivity index (χ0v) is 10.6. The quantitative estimate of drug-likeness (QED) is 0.495. The van der Waals surface area contributed by atoms with Gasteiger partial charge in [-0.15, -0.1) is 0 Å². The summed E-state index contributed by atoms with van der Waals surface area (Å²) in [6, 6.07) is 2.13. The summed E-state index contributed by atoms with van der Waals surface area (Å²) in [4.78, 5) is 0. The van der Waals surface area contributed by atoms with Gasteiger partial charge in [-0.2, -0.15) is 13.2 Å². The lowest BCUT2D eigenvalue weighted by atomic mass is 10.0. The second-order valence-corrected chi connectivity index (χ2v) is 4.34. The molecule has 0 aromatic heterocycles. The fourth-order valence-electron chi connectivity index (χ4n) is 1.51. The Hall–Kier alpha value is -1.18. The first kappa shape index (κ1) is 15.9. The molecule has 108 valence electrons. The van der Waals surface area contributed by atoms with Crippen LogP contribution in [-0.4, -0.2) is 12.7 Å². The highest BCUT2D eigenvalue weighted by Crippen LogP contribution is 2.32. The van der Waals surface area contributed by atoms with Crippen molar-refractivity contribution in [2.75, 3.05) is 6.61 Å². The minimum absolute atomic E-state index is 0.0601. The number of nitrogens with one attached hydrogen (secondary N) is 1. The summed E-state index contributed by atoms with van der Waals surface area (Å²) >= 11 is 0. The van der Waals surface area contributed by atoms with E-state index in [4.69, 9.17) is 10.6 Å². The van der Waals surface area contributed by atoms with Crippen LogP contribution in [0.4, 0.5) is 17.6 Å². The SMILES string of the molecule is CC(C)OCC(NN)c1ccc(C(F)(F)F)c(F)c1. The molecule has 0 spiro atoms. The van der Waals surface area contributed by atoms with E-state index >= 15 is 0 Å². The summed E-state index contributed by atoms with van der Waals surface area (Å²) in [7, 11) is 0. The van der Waals surface area contributed by atoms with E-state index in [0.717, 1.165) is 6.07 Å². The Labute approximate surface area is 108 Å². The van der Waals surface area contributed by atoms with E-state index in [1.54, 1.807) is 13.8 Å². The number of rotatable bonds is 5. The van der Waals surface area contributed by atoms with Crippen LogP contribution in [0.2, 0.25) is 0 Å². The molecule has 0 aliphatic rings. The second kappa shape index (κ2) is 6.31. The molecule has 1 rings (SSSR count). The molecule has 3 nitrogen and oxygen atoms in total. The van der Waals surface area contributed by atoms with E-state index < -0.39 is 23.6 Å². The molecule has 0 aliphatic carbocycles. The maximum atomic E-state index is 13.4. The molecule has 0 amide bonds. The van der Waals surface area contributed by atoms with E-state index in [9.17, 15) is 17.6 Å². The summed E-state index contributed by atoms with van der Waals surface area (Å²) in [5.74, 6) is 3.97. The first-order valence-electron chi connectivity index (χ1n) is 5.70. The first-order chi connectivity index (χ1) is 8.75. The number of hydrogen-bond acceptors (Lipinski definition) is 3. The van der Waals surface area contributed by atoms with E-state index in [2.05, 4.69) is 5.43 Å². The lowest BCUT2D eigenvalue weighted by molar-refractivity contribution is -0.140. The predicted octanol–water partition coefficient (Wildman–Crippen LogP) is 2.77. The van der Waals surface area contributed by atoms with Gasteiger partial charge in [-0.25, -0.2) is 4.39 Å². The molecule has 1 aromatic carbocycles. The molecule has 0 aliphatic heterocycles. The van der Waals surface area contributed by atoms with Gasteiger partial charge in [-0.05, 0) is 31.5 Å². The third kappa shape index (κ3) is 4.45. The van der Waals surface area contributed by atoms with Crippen LogP contribution in [-0.2, 0) is 10.9 Å². The Morgan fingerprint density at radius 2 is 1.95 bits per heavy atom. The van der Waals surface area contributed by atoms with Gasteiger partial charge in [-0.1, -0.05) is 6.07 Å². The van der Waals surface area contributed by atoms with Crippen molar-refractivity contribution in [1.82, 2.24) is 5.43 Å². The summed E-state index contributed by atoms with van der Waals surface area (Å²) in [6.07, 6.45) is -4.77. The standard InChI is InChI=1S/C12H16F4N2O/c1-7(2)19-6-11(18-17)8-3-4-9(10(13)5-8)12(14,15)16/h3-5,7,11,18H,6,17H2,1-2H3. The van der Waals surface area contributed by atoms with Gasteiger partial charge in [0.1, 0.15) is 5.82 Å². The van der Waals surface area contributed by atoms with Crippen molar-refractivity contribution in [2.24, 2.45) is 5.84 Å². The molecule has 0 radical (unpaired) electrons.